The molecule has 0 radical (unpaired) electrons. The van der Waals surface area contributed by atoms with E-state index in [0.29, 0.717) is 11.7 Å². The molecule has 0 atom stereocenters. The van der Waals surface area contributed by atoms with Gasteiger partial charge in [0.05, 0.1) is 18.8 Å². The van der Waals surface area contributed by atoms with Crippen LogP contribution in [0.15, 0.2) is 35.7 Å². The normalized spacial score (nSPS) is 15.8. The summed E-state index contributed by atoms with van der Waals surface area (Å²) in [6, 6.07) is 10.0. The molecule has 1 saturated heterocycles. The number of rotatable bonds is 4. The van der Waals surface area contributed by atoms with Crippen LogP contribution < -0.4 is 10.2 Å². The van der Waals surface area contributed by atoms with E-state index in [1.165, 1.54) is 35.5 Å². The Bertz CT molecular complexity index is 591. The van der Waals surface area contributed by atoms with Gasteiger partial charge in [-0.15, -0.1) is 11.3 Å². The van der Waals surface area contributed by atoms with Gasteiger partial charge in [0.1, 0.15) is 0 Å². The van der Waals surface area contributed by atoms with Crippen LogP contribution in [0.3, 0.4) is 0 Å². The first-order valence-corrected chi connectivity index (χ1v) is 8.33. The van der Waals surface area contributed by atoms with Gasteiger partial charge in [0, 0.05) is 10.9 Å². The average molecular weight is 302 g/mol. The fraction of sp³-hybridized carbons (Fsp3) is 0.375. The van der Waals surface area contributed by atoms with Crippen molar-refractivity contribution in [1.82, 2.24) is 4.98 Å². The monoisotopic (exact) mass is 302 g/mol. The summed E-state index contributed by atoms with van der Waals surface area (Å²) >= 11 is 1.48. The highest BCUT2D eigenvalue weighted by Crippen LogP contribution is 2.24. The Labute approximate surface area is 128 Å². The molecule has 1 fully saturated rings. The van der Waals surface area contributed by atoms with Gasteiger partial charge in [0.25, 0.3) is 5.91 Å². The number of thiazole rings is 1. The lowest BCUT2D eigenvalue weighted by Crippen LogP contribution is -3.13. The minimum Gasteiger partial charge on any atom is -0.327 e. The number of hydrogen-bond donors (Lipinski definition) is 2. The largest absolute Gasteiger partial charge is 0.327 e. The molecule has 1 aliphatic heterocycles. The van der Waals surface area contributed by atoms with Crippen LogP contribution >= 0.6 is 11.3 Å². The predicted molar refractivity (Wildman–Crippen MR) is 85.6 cm³/mol. The molecule has 2 N–H and O–H groups in total. The Morgan fingerprint density at radius 2 is 1.95 bits per heavy atom. The van der Waals surface area contributed by atoms with E-state index in [4.69, 9.17) is 0 Å². The number of piperidine rings is 1. The van der Waals surface area contributed by atoms with Crippen molar-refractivity contribution >= 4 is 22.4 Å². The van der Waals surface area contributed by atoms with Crippen molar-refractivity contribution in [3.8, 4) is 11.3 Å². The van der Waals surface area contributed by atoms with Crippen LogP contribution in [0.1, 0.15) is 19.3 Å². The number of likely N-dealkylation sites (tertiary alicyclic amines) is 1. The third-order valence-electron chi connectivity index (χ3n) is 3.79. The van der Waals surface area contributed by atoms with E-state index in [1.807, 2.05) is 35.7 Å². The summed E-state index contributed by atoms with van der Waals surface area (Å²) in [5, 5.41) is 5.60. The number of anilines is 1. The molecule has 2 aromatic rings. The van der Waals surface area contributed by atoms with E-state index in [2.05, 4.69) is 10.3 Å². The van der Waals surface area contributed by atoms with Gasteiger partial charge in [-0.3, -0.25) is 10.1 Å². The van der Waals surface area contributed by atoms with Gasteiger partial charge >= 0.3 is 0 Å². The van der Waals surface area contributed by atoms with E-state index >= 15 is 0 Å². The summed E-state index contributed by atoms with van der Waals surface area (Å²) in [6.45, 7) is 2.78. The molecule has 0 saturated carbocycles. The second kappa shape index (κ2) is 6.83. The average Bonchev–Trinajstić information content (AvgIpc) is 2.97. The van der Waals surface area contributed by atoms with E-state index in [-0.39, 0.29) is 5.91 Å². The fourth-order valence-electron chi connectivity index (χ4n) is 2.69. The number of carbonyl (C=O) groups excluding carboxylic acids is 1. The Morgan fingerprint density at radius 1 is 1.19 bits per heavy atom. The number of hydrogen-bond acceptors (Lipinski definition) is 3. The summed E-state index contributed by atoms with van der Waals surface area (Å²) in [5.74, 6) is 0.0702. The van der Waals surface area contributed by atoms with Gasteiger partial charge in [0.15, 0.2) is 11.7 Å². The number of benzene rings is 1. The van der Waals surface area contributed by atoms with E-state index in [0.717, 1.165) is 24.3 Å². The third-order valence-corrected chi connectivity index (χ3v) is 4.55. The number of quaternary nitrogens is 1. The van der Waals surface area contributed by atoms with Crippen LogP contribution in [0, 0.1) is 0 Å². The Morgan fingerprint density at radius 3 is 2.71 bits per heavy atom. The summed E-state index contributed by atoms with van der Waals surface area (Å²) in [7, 11) is 0. The van der Waals surface area contributed by atoms with Crippen molar-refractivity contribution in [3.63, 3.8) is 0 Å². The minimum absolute atomic E-state index is 0.0702. The molecule has 21 heavy (non-hydrogen) atoms. The molecule has 0 unspecified atom stereocenters. The molecular formula is C16H20N3OS+. The van der Waals surface area contributed by atoms with Crippen LogP contribution in [-0.2, 0) is 4.79 Å². The molecule has 0 bridgehead atoms. The van der Waals surface area contributed by atoms with E-state index in [1.54, 1.807) is 0 Å². The highest BCUT2D eigenvalue weighted by Gasteiger charge is 2.18. The van der Waals surface area contributed by atoms with Crippen LogP contribution in [0.25, 0.3) is 11.3 Å². The molecule has 1 aromatic heterocycles. The second-order valence-electron chi connectivity index (χ2n) is 5.44. The molecule has 110 valence electrons. The summed E-state index contributed by atoms with van der Waals surface area (Å²) in [6.07, 6.45) is 3.77. The third kappa shape index (κ3) is 3.89. The SMILES string of the molecule is O=C(C[NH+]1CCCCC1)Nc1nc(-c2ccccc2)cs1. The molecule has 0 aliphatic carbocycles. The van der Waals surface area contributed by atoms with Crippen molar-refractivity contribution in [2.24, 2.45) is 0 Å². The Hall–Kier alpha value is -1.72. The molecular weight excluding hydrogens is 282 g/mol. The zero-order valence-corrected chi connectivity index (χ0v) is 12.8. The standard InChI is InChI=1S/C16H19N3OS/c20-15(11-19-9-5-2-6-10-19)18-16-17-14(12-21-16)13-7-3-1-4-8-13/h1,3-4,7-8,12H,2,5-6,9-11H2,(H,17,18,20)/p+1. The lowest BCUT2D eigenvalue weighted by atomic mass is 10.1. The number of nitrogens with one attached hydrogen (secondary N) is 2. The highest BCUT2D eigenvalue weighted by atomic mass is 32.1. The van der Waals surface area contributed by atoms with Gasteiger partial charge in [0.2, 0.25) is 0 Å². The zero-order chi connectivity index (χ0) is 14.5. The number of carbonyl (C=O) groups is 1. The molecule has 4 nitrogen and oxygen atoms in total. The van der Waals surface area contributed by atoms with Crippen molar-refractivity contribution in [1.29, 1.82) is 0 Å². The topological polar surface area (TPSA) is 46.4 Å². The lowest BCUT2D eigenvalue weighted by molar-refractivity contribution is -0.896. The first-order chi connectivity index (χ1) is 10.3. The van der Waals surface area contributed by atoms with Gasteiger partial charge in [-0.2, -0.15) is 0 Å². The molecule has 5 heteroatoms. The van der Waals surface area contributed by atoms with Crippen molar-refractivity contribution in [2.45, 2.75) is 19.3 Å². The lowest BCUT2D eigenvalue weighted by Gasteiger charge is -2.22. The smallest absolute Gasteiger partial charge is 0.281 e. The summed E-state index contributed by atoms with van der Waals surface area (Å²) in [5.41, 5.74) is 2.00. The number of nitrogens with zero attached hydrogens (tertiary/aromatic N) is 1. The van der Waals surface area contributed by atoms with Crippen LogP contribution in [0.2, 0.25) is 0 Å². The van der Waals surface area contributed by atoms with Crippen LogP contribution in [0.5, 0.6) is 0 Å². The first kappa shape index (κ1) is 14.2. The Balaban J connectivity index is 1.58. The van der Waals surface area contributed by atoms with Crippen molar-refractivity contribution < 1.29 is 9.69 Å². The van der Waals surface area contributed by atoms with Crippen molar-refractivity contribution in [2.75, 3.05) is 25.0 Å². The minimum atomic E-state index is 0.0702. The predicted octanol–water partition coefficient (Wildman–Crippen LogP) is 1.82. The molecule has 3 rings (SSSR count). The van der Waals surface area contributed by atoms with Gasteiger partial charge in [-0.05, 0) is 19.3 Å². The van der Waals surface area contributed by atoms with E-state index in [9.17, 15) is 4.79 Å². The number of aromatic nitrogens is 1. The van der Waals surface area contributed by atoms with Gasteiger partial charge in [-0.25, -0.2) is 4.98 Å². The molecule has 1 aliphatic rings. The first-order valence-electron chi connectivity index (χ1n) is 7.45. The highest BCUT2D eigenvalue weighted by molar-refractivity contribution is 7.14. The Kier molecular flexibility index (Phi) is 4.62. The summed E-state index contributed by atoms with van der Waals surface area (Å²) in [4.78, 5) is 17.9. The quantitative estimate of drug-likeness (QED) is 0.905. The fourth-order valence-corrected chi connectivity index (χ4v) is 3.43. The van der Waals surface area contributed by atoms with Gasteiger partial charge < -0.3 is 4.90 Å². The maximum atomic E-state index is 12.1. The van der Waals surface area contributed by atoms with Crippen LogP contribution in [-0.4, -0.2) is 30.5 Å². The van der Waals surface area contributed by atoms with Crippen LogP contribution in [0.4, 0.5) is 5.13 Å². The van der Waals surface area contributed by atoms with E-state index < -0.39 is 0 Å². The molecule has 2 heterocycles. The van der Waals surface area contributed by atoms with Gasteiger partial charge in [-0.1, -0.05) is 30.3 Å². The second-order valence-corrected chi connectivity index (χ2v) is 6.30. The maximum Gasteiger partial charge on any atom is 0.281 e. The summed E-state index contributed by atoms with van der Waals surface area (Å²) < 4.78 is 0. The maximum absolute atomic E-state index is 12.1. The zero-order valence-electron chi connectivity index (χ0n) is 12.0. The molecule has 0 spiro atoms. The molecule has 1 amide bonds. The van der Waals surface area contributed by atoms with Crippen molar-refractivity contribution in [3.05, 3.63) is 35.7 Å². The number of amides is 1. The molecule has 1 aromatic carbocycles.